The molecule has 2 rings (SSSR count). The fourth-order valence-corrected chi connectivity index (χ4v) is 2.76. The Labute approximate surface area is 124 Å². The van der Waals surface area contributed by atoms with E-state index in [1.165, 1.54) is 0 Å². The van der Waals surface area contributed by atoms with Gasteiger partial charge in [-0.25, -0.2) is 4.79 Å². The molecule has 1 saturated heterocycles. The SMILES string of the molecule is Cc1cc(C(C)NC(=O)N2CCC(C(=O)O)CC2)c(C)o1. The average molecular weight is 294 g/mol. The molecular formula is C15H22N2O4. The van der Waals surface area contributed by atoms with Gasteiger partial charge in [0.2, 0.25) is 0 Å². The summed E-state index contributed by atoms with van der Waals surface area (Å²) in [6, 6.07) is 1.65. The quantitative estimate of drug-likeness (QED) is 0.897. The number of nitrogens with zero attached hydrogens (tertiary/aromatic N) is 1. The Morgan fingerprint density at radius 2 is 2.00 bits per heavy atom. The van der Waals surface area contributed by atoms with E-state index >= 15 is 0 Å². The highest BCUT2D eigenvalue weighted by atomic mass is 16.4. The highest BCUT2D eigenvalue weighted by molar-refractivity contribution is 5.75. The van der Waals surface area contributed by atoms with E-state index in [2.05, 4.69) is 5.32 Å². The Morgan fingerprint density at radius 1 is 1.38 bits per heavy atom. The summed E-state index contributed by atoms with van der Waals surface area (Å²) in [5, 5.41) is 11.9. The molecule has 21 heavy (non-hydrogen) atoms. The van der Waals surface area contributed by atoms with E-state index in [0.717, 1.165) is 17.1 Å². The summed E-state index contributed by atoms with van der Waals surface area (Å²) in [6.45, 7) is 6.64. The highest BCUT2D eigenvalue weighted by Gasteiger charge is 2.27. The summed E-state index contributed by atoms with van der Waals surface area (Å²) in [6.07, 6.45) is 1.03. The predicted molar refractivity (Wildman–Crippen MR) is 77.1 cm³/mol. The van der Waals surface area contributed by atoms with E-state index < -0.39 is 5.97 Å². The second-order valence-corrected chi connectivity index (χ2v) is 5.64. The molecule has 2 amide bonds. The molecule has 1 aromatic rings. The second kappa shape index (κ2) is 6.20. The maximum absolute atomic E-state index is 12.2. The molecule has 1 aromatic heterocycles. The van der Waals surface area contributed by atoms with E-state index in [9.17, 15) is 9.59 Å². The van der Waals surface area contributed by atoms with Crippen LogP contribution in [0.4, 0.5) is 4.79 Å². The monoisotopic (exact) mass is 294 g/mol. The molecule has 0 saturated carbocycles. The molecule has 2 heterocycles. The van der Waals surface area contributed by atoms with Crippen LogP contribution in [0, 0.1) is 19.8 Å². The van der Waals surface area contributed by atoms with Crippen LogP contribution in [0.2, 0.25) is 0 Å². The van der Waals surface area contributed by atoms with E-state index in [-0.39, 0.29) is 18.0 Å². The molecule has 116 valence electrons. The van der Waals surface area contributed by atoms with Gasteiger partial charge in [-0.05, 0) is 39.7 Å². The predicted octanol–water partition coefficient (Wildman–Crippen LogP) is 2.46. The summed E-state index contributed by atoms with van der Waals surface area (Å²) in [5.74, 6) is 0.536. The smallest absolute Gasteiger partial charge is 0.317 e. The van der Waals surface area contributed by atoms with Crippen LogP contribution in [0.25, 0.3) is 0 Å². The number of rotatable bonds is 3. The molecule has 0 radical (unpaired) electrons. The van der Waals surface area contributed by atoms with Crippen LogP contribution in [0.5, 0.6) is 0 Å². The van der Waals surface area contributed by atoms with Gasteiger partial charge in [0, 0.05) is 18.7 Å². The Bertz CT molecular complexity index is 530. The number of carboxylic acids is 1. The molecular weight excluding hydrogens is 272 g/mol. The van der Waals surface area contributed by atoms with Gasteiger partial charge in [-0.15, -0.1) is 0 Å². The molecule has 0 spiro atoms. The van der Waals surface area contributed by atoms with Crippen molar-refractivity contribution in [3.8, 4) is 0 Å². The zero-order chi connectivity index (χ0) is 15.6. The van der Waals surface area contributed by atoms with Crippen molar-refractivity contribution in [2.75, 3.05) is 13.1 Å². The van der Waals surface area contributed by atoms with Crippen LogP contribution in [0.15, 0.2) is 10.5 Å². The van der Waals surface area contributed by atoms with Crippen LogP contribution in [0.1, 0.15) is 42.9 Å². The number of aryl methyl sites for hydroxylation is 2. The fraction of sp³-hybridized carbons (Fsp3) is 0.600. The first-order chi connectivity index (χ1) is 9.88. The Hall–Kier alpha value is -1.98. The third-order valence-corrected chi connectivity index (χ3v) is 4.02. The molecule has 0 aliphatic carbocycles. The van der Waals surface area contributed by atoms with Crippen molar-refractivity contribution in [3.63, 3.8) is 0 Å². The molecule has 1 aliphatic rings. The van der Waals surface area contributed by atoms with Crippen molar-refractivity contribution in [2.45, 2.75) is 39.7 Å². The molecule has 1 aliphatic heterocycles. The van der Waals surface area contributed by atoms with Crippen molar-refractivity contribution in [1.29, 1.82) is 0 Å². The van der Waals surface area contributed by atoms with Crippen molar-refractivity contribution in [2.24, 2.45) is 5.92 Å². The zero-order valence-electron chi connectivity index (χ0n) is 12.7. The van der Waals surface area contributed by atoms with Gasteiger partial charge >= 0.3 is 12.0 Å². The lowest BCUT2D eigenvalue weighted by Gasteiger charge is -2.31. The van der Waals surface area contributed by atoms with E-state index in [4.69, 9.17) is 9.52 Å². The summed E-state index contributed by atoms with van der Waals surface area (Å²) in [7, 11) is 0. The van der Waals surface area contributed by atoms with Crippen LogP contribution in [-0.4, -0.2) is 35.1 Å². The molecule has 6 nitrogen and oxygen atoms in total. The molecule has 0 bridgehead atoms. The lowest BCUT2D eigenvalue weighted by molar-refractivity contribution is -0.143. The summed E-state index contributed by atoms with van der Waals surface area (Å²) in [4.78, 5) is 24.8. The lowest BCUT2D eigenvalue weighted by Crippen LogP contribution is -2.46. The first-order valence-corrected chi connectivity index (χ1v) is 7.23. The molecule has 1 fully saturated rings. The van der Waals surface area contributed by atoms with Gasteiger partial charge in [0.1, 0.15) is 11.5 Å². The van der Waals surface area contributed by atoms with Gasteiger partial charge < -0.3 is 19.7 Å². The average Bonchev–Trinajstić information content (AvgIpc) is 2.77. The third kappa shape index (κ3) is 3.56. The topological polar surface area (TPSA) is 82.8 Å². The summed E-state index contributed by atoms with van der Waals surface area (Å²) in [5.41, 5.74) is 0.973. The highest BCUT2D eigenvalue weighted by Crippen LogP contribution is 2.22. The number of hydrogen-bond acceptors (Lipinski definition) is 3. The number of carbonyl (C=O) groups is 2. The number of carboxylic acid groups (broad SMARTS) is 1. The van der Waals surface area contributed by atoms with Gasteiger partial charge in [0.25, 0.3) is 0 Å². The Kier molecular flexibility index (Phi) is 4.55. The number of nitrogens with one attached hydrogen (secondary N) is 1. The minimum Gasteiger partial charge on any atom is -0.481 e. The van der Waals surface area contributed by atoms with Crippen molar-refractivity contribution in [1.82, 2.24) is 10.2 Å². The number of hydrogen-bond donors (Lipinski definition) is 2. The van der Waals surface area contributed by atoms with Gasteiger partial charge in [0.15, 0.2) is 0 Å². The fourth-order valence-electron chi connectivity index (χ4n) is 2.76. The van der Waals surface area contributed by atoms with Crippen LogP contribution >= 0.6 is 0 Å². The minimum absolute atomic E-state index is 0.132. The standard InChI is InChI=1S/C15H22N2O4/c1-9-8-13(11(3)21-9)10(2)16-15(20)17-6-4-12(5-7-17)14(18)19/h8,10,12H,4-7H2,1-3H3,(H,16,20)(H,18,19). The van der Waals surface area contributed by atoms with Crippen LogP contribution in [-0.2, 0) is 4.79 Å². The van der Waals surface area contributed by atoms with Gasteiger partial charge in [-0.2, -0.15) is 0 Å². The molecule has 1 unspecified atom stereocenters. The Balaban J connectivity index is 1.90. The van der Waals surface area contributed by atoms with Crippen molar-refractivity contribution >= 4 is 12.0 Å². The number of furan rings is 1. The molecule has 6 heteroatoms. The first-order valence-electron chi connectivity index (χ1n) is 7.23. The van der Waals surface area contributed by atoms with Gasteiger partial charge in [0.05, 0.1) is 12.0 Å². The van der Waals surface area contributed by atoms with Crippen LogP contribution < -0.4 is 5.32 Å². The molecule has 2 N–H and O–H groups in total. The molecule has 1 atom stereocenters. The molecule has 0 aromatic carbocycles. The third-order valence-electron chi connectivity index (χ3n) is 4.02. The normalized spacial score (nSPS) is 17.6. The number of piperidine rings is 1. The maximum atomic E-state index is 12.2. The summed E-state index contributed by atoms with van der Waals surface area (Å²) < 4.78 is 5.47. The van der Waals surface area contributed by atoms with Gasteiger partial charge in [-0.3, -0.25) is 4.79 Å². The van der Waals surface area contributed by atoms with E-state index in [1.54, 1.807) is 4.90 Å². The first kappa shape index (κ1) is 15.4. The summed E-state index contributed by atoms with van der Waals surface area (Å²) >= 11 is 0. The van der Waals surface area contributed by atoms with Crippen molar-refractivity contribution in [3.05, 3.63) is 23.2 Å². The second-order valence-electron chi connectivity index (χ2n) is 5.64. The van der Waals surface area contributed by atoms with E-state index in [0.29, 0.717) is 25.9 Å². The number of carbonyl (C=O) groups excluding carboxylic acids is 1. The lowest BCUT2D eigenvalue weighted by atomic mass is 9.97. The zero-order valence-corrected chi connectivity index (χ0v) is 12.7. The Morgan fingerprint density at radius 3 is 2.48 bits per heavy atom. The number of likely N-dealkylation sites (tertiary alicyclic amines) is 1. The number of aliphatic carboxylic acids is 1. The largest absolute Gasteiger partial charge is 0.481 e. The van der Waals surface area contributed by atoms with Crippen LogP contribution in [0.3, 0.4) is 0 Å². The van der Waals surface area contributed by atoms with Gasteiger partial charge in [-0.1, -0.05) is 0 Å². The minimum atomic E-state index is -0.770. The number of amides is 2. The maximum Gasteiger partial charge on any atom is 0.317 e. The van der Waals surface area contributed by atoms with E-state index in [1.807, 2.05) is 26.8 Å². The van der Waals surface area contributed by atoms with Crippen molar-refractivity contribution < 1.29 is 19.1 Å². The number of urea groups is 1.